The van der Waals surface area contributed by atoms with Crippen molar-refractivity contribution in [3.05, 3.63) is 11.9 Å². The molecule has 1 atom stereocenters. The molecule has 0 spiro atoms. The lowest BCUT2D eigenvalue weighted by Gasteiger charge is -2.06. The van der Waals surface area contributed by atoms with Crippen LogP contribution in [0, 0.1) is 5.92 Å². The van der Waals surface area contributed by atoms with Crippen molar-refractivity contribution in [2.75, 3.05) is 6.61 Å². The fraction of sp³-hybridized carbons (Fsp3) is 0.667. The zero-order valence-corrected chi connectivity index (χ0v) is 7.66. The van der Waals surface area contributed by atoms with Crippen molar-refractivity contribution in [2.45, 2.75) is 26.2 Å². The lowest BCUT2D eigenvalue weighted by molar-refractivity contribution is -0.134. The number of hydrogen-bond acceptors (Lipinski definition) is 2. The summed E-state index contributed by atoms with van der Waals surface area (Å²) >= 11 is 0. The Morgan fingerprint density at radius 3 is 2.62 bits per heavy atom. The van der Waals surface area contributed by atoms with E-state index in [1.807, 2.05) is 6.92 Å². The van der Waals surface area contributed by atoms with Crippen molar-refractivity contribution < 1.29 is 19.4 Å². The van der Waals surface area contributed by atoms with Crippen LogP contribution >= 0.6 is 0 Å². The Bertz CT molecular complexity index is 189. The molecule has 0 fully saturated rings. The fourth-order valence-electron chi connectivity index (χ4n) is 0.947. The molecule has 0 aliphatic rings. The summed E-state index contributed by atoms with van der Waals surface area (Å²) in [5.41, 5.74) is 0. The van der Waals surface area contributed by atoms with Gasteiger partial charge in [-0.1, -0.05) is 6.92 Å². The van der Waals surface area contributed by atoms with Crippen LogP contribution in [-0.4, -0.2) is 22.8 Å². The molecule has 0 radical (unpaired) electrons. The summed E-state index contributed by atoms with van der Waals surface area (Å²) in [6.07, 6.45) is 2.83. The van der Waals surface area contributed by atoms with Gasteiger partial charge in [0, 0.05) is 6.61 Å². The highest BCUT2D eigenvalue weighted by atomic mass is 19.1. The van der Waals surface area contributed by atoms with Gasteiger partial charge >= 0.3 is 5.97 Å². The standard InChI is InChI=1S/C9H15FO3/c1-7(5-6-11)3-2-4-8(10)9(12)13/h4,7,11H,2-3,5-6H2,1H3,(H,12,13)/b8-4-. The van der Waals surface area contributed by atoms with E-state index in [1.54, 1.807) is 0 Å². The van der Waals surface area contributed by atoms with Crippen LogP contribution in [0.25, 0.3) is 0 Å². The van der Waals surface area contributed by atoms with Gasteiger partial charge in [0.15, 0.2) is 0 Å². The summed E-state index contributed by atoms with van der Waals surface area (Å²) in [5, 5.41) is 16.7. The van der Waals surface area contributed by atoms with E-state index < -0.39 is 11.8 Å². The van der Waals surface area contributed by atoms with Crippen LogP contribution in [0.4, 0.5) is 4.39 Å². The molecule has 4 heteroatoms. The van der Waals surface area contributed by atoms with Crippen LogP contribution < -0.4 is 0 Å². The first kappa shape index (κ1) is 12.1. The van der Waals surface area contributed by atoms with E-state index in [-0.39, 0.29) is 6.61 Å². The van der Waals surface area contributed by atoms with Gasteiger partial charge in [-0.25, -0.2) is 4.79 Å². The van der Waals surface area contributed by atoms with Crippen LogP contribution in [0.1, 0.15) is 26.2 Å². The van der Waals surface area contributed by atoms with E-state index in [0.717, 1.165) is 6.08 Å². The molecule has 0 aromatic carbocycles. The fourth-order valence-corrected chi connectivity index (χ4v) is 0.947. The van der Waals surface area contributed by atoms with Crippen LogP contribution in [0.2, 0.25) is 0 Å². The minimum atomic E-state index is -1.52. The minimum Gasteiger partial charge on any atom is -0.476 e. The highest BCUT2D eigenvalue weighted by molar-refractivity contribution is 5.83. The minimum absolute atomic E-state index is 0.117. The highest BCUT2D eigenvalue weighted by Gasteiger charge is 2.05. The Labute approximate surface area is 76.9 Å². The van der Waals surface area contributed by atoms with E-state index in [0.29, 0.717) is 25.2 Å². The third kappa shape index (κ3) is 6.28. The average molecular weight is 190 g/mol. The molecule has 2 N–H and O–H groups in total. The van der Waals surface area contributed by atoms with Gasteiger partial charge in [-0.3, -0.25) is 0 Å². The molecular formula is C9H15FO3. The summed E-state index contributed by atoms with van der Waals surface area (Å²) in [6, 6.07) is 0. The summed E-state index contributed by atoms with van der Waals surface area (Å²) in [7, 11) is 0. The van der Waals surface area contributed by atoms with Gasteiger partial charge in [-0.2, -0.15) is 4.39 Å². The van der Waals surface area contributed by atoms with Crippen LogP contribution in [-0.2, 0) is 4.79 Å². The second-order valence-corrected chi connectivity index (χ2v) is 3.05. The Morgan fingerprint density at radius 1 is 1.54 bits per heavy atom. The van der Waals surface area contributed by atoms with Crippen molar-refractivity contribution in [3.8, 4) is 0 Å². The van der Waals surface area contributed by atoms with Crippen molar-refractivity contribution in [3.63, 3.8) is 0 Å². The number of hydrogen-bond donors (Lipinski definition) is 2. The van der Waals surface area contributed by atoms with Crippen LogP contribution in [0.3, 0.4) is 0 Å². The first-order valence-electron chi connectivity index (χ1n) is 4.27. The number of carboxylic acid groups (broad SMARTS) is 1. The van der Waals surface area contributed by atoms with Gasteiger partial charge < -0.3 is 10.2 Å². The normalized spacial score (nSPS) is 14.2. The van der Waals surface area contributed by atoms with Crippen molar-refractivity contribution in [1.82, 2.24) is 0 Å². The van der Waals surface area contributed by atoms with Crippen LogP contribution in [0.15, 0.2) is 11.9 Å². The number of allylic oxidation sites excluding steroid dienone is 1. The van der Waals surface area contributed by atoms with Gasteiger partial charge in [0.2, 0.25) is 5.83 Å². The molecule has 13 heavy (non-hydrogen) atoms. The maximum Gasteiger partial charge on any atom is 0.364 e. The smallest absolute Gasteiger partial charge is 0.364 e. The largest absolute Gasteiger partial charge is 0.476 e. The molecule has 0 aromatic rings. The molecule has 0 aromatic heterocycles. The number of carbonyl (C=O) groups is 1. The molecule has 0 bridgehead atoms. The molecule has 0 heterocycles. The molecule has 0 aliphatic heterocycles. The molecule has 1 unspecified atom stereocenters. The van der Waals surface area contributed by atoms with Gasteiger partial charge in [0.05, 0.1) is 0 Å². The second kappa shape index (κ2) is 6.60. The SMILES string of the molecule is CC(CCO)CC/C=C(\F)C(=O)O. The summed E-state index contributed by atoms with van der Waals surface area (Å²) in [4.78, 5) is 10.0. The maximum absolute atomic E-state index is 12.4. The summed E-state index contributed by atoms with van der Waals surface area (Å²) < 4.78 is 12.4. The molecule has 0 aliphatic carbocycles. The first-order valence-corrected chi connectivity index (χ1v) is 4.27. The third-order valence-corrected chi connectivity index (χ3v) is 1.81. The number of rotatable bonds is 6. The van der Waals surface area contributed by atoms with Gasteiger partial charge in [0.1, 0.15) is 0 Å². The topological polar surface area (TPSA) is 57.5 Å². The molecule has 3 nitrogen and oxygen atoms in total. The second-order valence-electron chi connectivity index (χ2n) is 3.05. The number of aliphatic hydroxyl groups excluding tert-OH is 1. The van der Waals surface area contributed by atoms with Gasteiger partial charge in [0.25, 0.3) is 0 Å². The summed E-state index contributed by atoms with van der Waals surface area (Å²) in [5.74, 6) is -2.33. The van der Waals surface area contributed by atoms with E-state index in [9.17, 15) is 9.18 Å². The Morgan fingerprint density at radius 2 is 2.15 bits per heavy atom. The zero-order valence-electron chi connectivity index (χ0n) is 7.66. The first-order chi connectivity index (χ1) is 6.07. The van der Waals surface area contributed by atoms with Crippen molar-refractivity contribution in [2.24, 2.45) is 5.92 Å². The number of aliphatic carboxylic acids is 1. The Hall–Kier alpha value is -0.900. The molecule has 76 valence electrons. The highest BCUT2D eigenvalue weighted by Crippen LogP contribution is 2.11. The van der Waals surface area contributed by atoms with E-state index in [4.69, 9.17) is 10.2 Å². The quantitative estimate of drug-likeness (QED) is 0.627. The predicted molar refractivity (Wildman–Crippen MR) is 46.9 cm³/mol. The Kier molecular flexibility index (Phi) is 6.14. The number of carboxylic acids is 1. The lowest BCUT2D eigenvalue weighted by atomic mass is 10.0. The maximum atomic E-state index is 12.4. The van der Waals surface area contributed by atoms with Crippen molar-refractivity contribution in [1.29, 1.82) is 0 Å². The molecule has 0 saturated heterocycles. The number of aliphatic hydroxyl groups is 1. The lowest BCUT2D eigenvalue weighted by Crippen LogP contribution is -1.98. The van der Waals surface area contributed by atoms with E-state index >= 15 is 0 Å². The van der Waals surface area contributed by atoms with E-state index in [1.165, 1.54) is 0 Å². The third-order valence-electron chi connectivity index (χ3n) is 1.81. The molecular weight excluding hydrogens is 175 g/mol. The van der Waals surface area contributed by atoms with Gasteiger partial charge in [-0.05, 0) is 31.3 Å². The Balaban J connectivity index is 3.65. The number of halogens is 1. The van der Waals surface area contributed by atoms with Crippen molar-refractivity contribution >= 4 is 5.97 Å². The predicted octanol–water partition coefficient (Wildman–Crippen LogP) is 1.72. The summed E-state index contributed by atoms with van der Waals surface area (Å²) in [6.45, 7) is 2.05. The van der Waals surface area contributed by atoms with Gasteiger partial charge in [-0.15, -0.1) is 0 Å². The molecule has 0 amide bonds. The van der Waals surface area contributed by atoms with Crippen LogP contribution in [0.5, 0.6) is 0 Å². The average Bonchev–Trinajstić information content (AvgIpc) is 2.04. The van der Waals surface area contributed by atoms with E-state index in [2.05, 4.69) is 0 Å². The zero-order chi connectivity index (χ0) is 10.3. The monoisotopic (exact) mass is 190 g/mol. The molecule has 0 saturated carbocycles. The molecule has 0 rings (SSSR count).